The van der Waals surface area contributed by atoms with Crippen LogP contribution in [0.1, 0.15) is 27.2 Å². The smallest absolute Gasteiger partial charge is 0.221 e. The van der Waals surface area contributed by atoms with Crippen LogP contribution >= 0.6 is 0 Å². The van der Waals surface area contributed by atoms with Crippen molar-refractivity contribution >= 4 is 17.3 Å². The summed E-state index contributed by atoms with van der Waals surface area (Å²) in [5, 5.41) is 6.31. The molecule has 116 valence electrons. The van der Waals surface area contributed by atoms with E-state index in [2.05, 4.69) is 29.4 Å². The van der Waals surface area contributed by atoms with E-state index >= 15 is 0 Å². The summed E-state index contributed by atoms with van der Waals surface area (Å²) in [7, 11) is 1.61. The van der Waals surface area contributed by atoms with Crippen molar-refractivity contribution in [1.82, 2.24) is 4.90 Å². The number of carbonyl (C=O) groups is 1. The van der Waals surface area contributed by atoms with Crippen molar-refractivity contribution in [3.8, 4) is 5.75 Å². The highest BCUT2D eigenvalue weighted by atomic mass is 16.5. The number of ether oxygens (including phenoxy) is 1. The zero-order valence-electron chi connectivity index (χ0n) is 13.3. The van der Waals surface area contributed by atoms with Gasteiger partial charge in [-0.25, -0.2) is 0 Å². The number of methoxy groups -OCH3 is 1. The van der Waals surface area contributed by atoms with Gasteiger partial charge in [0.15, 0.2) is 0 Å². The Morgan fingerprint density at radius 3 is 2.76 bits per heavy atom. The summed E-state index contributed by atoms with van der Waals surface area (Å²) < 4.78 is 5.35. The van der Waals surface area contributed by atoms with Crippen LogP contribution in [0.2, 0.25) is 0 Å². The number of nitrogens with zero attached hydrogens (tertiary/aromatic N) is 1. The summed E-state index contributed by atoms with van der Waals surface area (Å²) in [6.07, 6.45) is 1.15. The number of amides is 1. The second-order valence-electron chi connectivity index (χ2n) is 5.81. The fraction of sp³-hybridized carbons (Fsp3) is 0.562. The Labute approximate surface area is 126 Å². The van der Waals surface area contributed by atoms with E-state index in [0.717, 1.165) is 25.2 Å². The van der Waals surface area contributed by atoms with E-state index in [-0.39, 0.29) is 5.91 Å². The molecule has 1 aromatic rings. The SMILES string of the molecule is COc1cc(NC2CCN(C(C)C)C2)ccc1NC(C)=O. The molecule has 2 rings (SSSR count). The molecule has 2 N–H and O–H groups in total. The first-order chi connectivity index (χ1) is 9.99. The van der Waals surface area contributed by atoms with Crippen LogP contribution in [-0.4, -0.2) is 43.1 Å². The molecule has 1 aliphatic rings. The molecule has 5 heteroatoms. The lowest BCUT2D eigenvalue weighted by Gasteiger charge is -2.21. The van der Waals surface area contributed by atoms with Crippen LogP contribution in [0.3, 0.4) is 0 Å². The molecule has 1 amide bonds. The van der Waals surface area contributed by atoms with Crippen molar-refractivity contribution in [2.45, 2.75) is 39.3 Å². The summed E-state index contributed by atoms with van der Waals surface area (Å²) in [4.78, 5) is 13.6. The van der Waals surface area contributed by atoms with Gasteiger partial charge >= 0.3 is 0 Å². The quantitative estimate of drug-likeness (QED) is 0.875. The van der Waals surface area contributed by atoms with Crippen molar-refractivity contribution in [1.29, 1.82) is 0 Å². The third-order valence-corrected chi connectivity index (χ3v) is 3.83. The van der Waals surface area contributed by atoms with Gasteiger partial charge in [0.1, 0.15) is 5.75 Å². The number of hydrogen-bond acceptors (Lipinski definition) is 4. The maximum absolute atomic E-state index is 11.2. The lowest BCUT2D eigenvalue weighted by molar-refractivity contribution is -0.114. The average molecular weight is 291 g/mol. The molecular formula is C16H25N3O2. The van der Waals surface area contributed by atoms with Gasteiger partial charge in [0.05, 0.1) is 12.8 Å². The molecule has 0 saturated carbocycles. The molecule has 0 aliphatic carbocycles. The molecule has 0 bridgehead atoms. The van der Waals surface area contributed by atoms with Crippen LogP contribution in [0, 0.1) is 0 Å². The van der Waals surface area contributed by atoms with E-state index in [1.54, 1.807) is 7.11 Å². The Morgan fingerprint density at radius 1 is 1.43 bits per heavy atom. The minimum absolute atomic E-state index is 0.0997. The van der Waals surface area contributed by atoms with E-state index in [1.807, 2.05) is 18.2 Å². The van der Waals surface area contributed by atoms with E-state index in [0.29, 0.717) is 23.5 Å². The Morgan fingerprint density at radius 2 is 2.19 bits per heavy atom. The number of rotatable bonds is 5. The zero-order chi connectivity index (χ0) is 15.4. The van der Waals surface area contributed by atoms with E-state index < -0.39 is 0 Å². The average Bonchev–Trinajstić information content (AvgIpc) is 2.88. The fourth-order valence-corrected chi connectivity index (χ4v) is 2.68. The van der Waals surface area contributed by atoms with Gasteiger partial charge in [0, 0.05) is 43.9 Å². The fourth-order valence-electron chi connectivity index (χ4n) is 2.68. The van der Waals surface area contributed by atoms with Gasteiger partial charge < -0.3 is 15.4 Å². The normalized spacial score (nSPS) is 18.8. The maximum Gasteiger partial charge on any atom is 0.221 e. The highest BCUT2D eigenvalue weighted by Crippen LogP contribution is 2.29. The number of hydrogen-bond donors (Lipinski definition) is 2. The molecule has 0 radical (unpaired) electrons. The number of benzene rings is 1. The summed E-state index contributed by atoms with van der Waals surface area (Å²) in [6.45, 7) is 8.15. The zero-order valence-corrected chi connectivity index (χ0v) is 13.3. The van der Waals surface area contributed by atoms with Gasteiger partial charge in [-0.15, -0.1) is 0 Å². The van der Waals surface area contributed by atoms with Crippen LogP contribution in [0.15, 0.2) is 18.2 Å². The maximum atomic E-state index is 11.2. The van der Waals surface area contributed by atoms with Gasteiger partial charge in [-0.3, -0.25) is 9.69 Å². The molecule has 1 heterocycles. The van der Waals surface area contributed by atoms with E-state index in [4.69, 9.17) is 4.74 Å². The van der Waals surface area contributed by atoms with E-state index in [9.17, 15) is 4.79 Å². The summed E-state index contributed by atoms with van der Waals surface area (Å²) >= 11 is 0. The van der Waals surface area contributed by atoms with Gasteiger partial charge in [-0.1, -0.05) is 0 Å². The highest BCUT2D eigenvalue weighted by molar-refractivity contribution is 5.90. The topological polar surface area (TPSA) is 53.6 Å². The second kappa shape index (κ2) is 6.80. The van der Waals surface area contributed by atoms with Crippen LogP contribution in [0.25, 0.3) is 0 Å². The molecule has 1 atom stereocenters. The van der Waals surface area contributed by atoms with Crippen LogP contribution < -0.4 is 15.4 Å². The largest absolute Gasteiger partial charge is 0.494 e. The van der Waals surface area contributed by atoms with Crippen LogP contribution in [0.4, 0.5) is 11.4 Å². The number of nitrogens with one attached hydrogen (secondary N) is 2. The van der Waals surface area contributed by atoms with Crippen molar-refractivity contribution in [2.24, 2.45) is 0 Å². The third-order valence-electron chi connectivity index (χ3n) is 3.83. The van der Waals surface area contributed by atoms with Gasteiger partial charge in [-0.05, 0) is 32.4 Å². The van der Waals surface area contributed by atoms with Crippen molar-refractivity contribution < 1.29 is 9.53 Å². The Balaban J connectivity index is 2.03. The summed E-state index contributed by atoms with van der Waals surface area (Å²) in [5.41, 5.74) is 1.72. The Hall–Kier alpha value is -1.75. The van der Waals surface area contributed by atoms with Gasteiger partial charge in [0.2, 0.25) is 5.91 Å². The second-order valence-corrected chi connectivity index (χ2v) is 5.81. The summed E-state index contributed by atoms with van der Waals surface area (Å²) in [6, 6.07) is 6.84. The number of likely N-dealkylation sites (tertiary alicyclic amines) is 1. The van der Waals surface area contributed by atoms with Crippen molar-refractivity contribution in [2.75, 3.05) is 30.8 Å². The highest BCUT2D eigenvalue weighted by Gasteiger charge is 2.24. The van der Waals surface area contributed by atoms with Gasteiger partial charge in [0.25, 0.3) is 0 Å². The predicted molar refractivity (Wildman–Crippen MR) is 86.0 cm³/mol. The van der Waals surface area contributed by atoms with Gasteiger partial charge in [-0.2, -0.15) is 0 Å². The molecule has 0 spiro atoms. The first kappa shape index (κ1) is 15.6. The van der Waals surface area contributed by atoms with Crippen LogP contribution in [-0.2, 0) is 4.79 Å². The van der Waals surface area contributed by atoms with Crippen LogP contribution in [0.5, 0.6) is 5.75 Å². The molecule has 5 nitrogen and oxygen atoms in total. The molecule has 1 aliphatic heterocycles. The molecule has 0 aromatic heterocycles. The lowest BCUT2D eigenvalue weighted by Crippen LogP contribution is -2.31. The third kappa shape index (κ3) is 4.11. The minimum Gasteiger partial charge on any atom is -0.494 e. The minimum atomic E-state index is -0.0997. The molecule has 1 unspecified atom stereocenters. The molecule has 1 fully saturated rings. The Bertz CT molecular complexity index is 502. The lowest BCUT2D eigenvalue weighted by atomic mass is 10.2. The monoisotopic (exact) mass is 291 g/mol. The van der Waals surface area contributed by atoms with Crippen molar-refractivity contribution in [3.63, 3.8) is 0 Å². The predicted octanol–water partition coefficient (Wildman–Crippen LogP) is 2.55. The number of anilines is 2. The molecule has 1 saturated heterocycles. The summed E-state index contributed by atoms with van der Waals surface area (Å²) in [5.74, 6) is 0.575. The van der Waals surface area contributed by atoms with E-state index in [1.165, 1.54) is 6.92 Å². The Kier molecular flexibility index (Phi) is 5.07. The standard InChI is InChI=1S/C16H25N3O2/c1-11(2)19-8-7-14(10-19)18-13-5-6-15(17-12(3)20)16(9-13)21-4/h5-6,9,11,14,18H,7-8,10H2,1-4H3,(H,17,20). The van der Waals surface area contributed by atoms with Crippen molar-refractivity contribution in [3.05, 3.63) is 18.2 Å². The molecule has 21 heavy (non-hydrogen) atoms. The molecular weight excluding hydrogens is 266 g/mol. The molecule has 1 aromatic carbocycles. The first-order valence-corrected chi connectivity index (χ1v) is 7.46. The number of carbonyl (C=O) groups excluding carboxylic acids is 1. The first-order valence-electron chi connectivity index (χ1n) is 7.46.